The first-order valence-electron chi connectivity index (χ1n) is 3.41. The zero-order chi connectivity index (χ0) is 7.61. The van der Waals surface area contributed by atoms with Gasteiger partial charge in [-0.05, 0) is 14.0 Å². The van der Waals surface area contributed by atoms with E-state index in [0.717, 1.165) is 0 Å². The van der Waals surface area contributed by atoms with E-state index in [1.165, 1.54) is 0 Å². The summed E-state index contributed by atoms with van der Waals surface area (Å²) >= 11 is 0. The summed E-state index contributed by atoms with van der Waals surface area (Å²) in [7, 11) is 1.90. The van der Waals surface area contributed by atoms with Crippen LogP contribution in [-0.2, 0) is 0 Å². The molecule has 4 N–H and O–H groups in total. The molecule has 4 heteroatoms. The van der Waals surface area contributed by atoms with Crippen molar-refractivity contribution in [2.24, 2.45) is 10.8 Å². The maximum absolute atomic E-state index is 5.50. The smallest absolute Gasteiger partial charge is 0.0792 e. The summed E-state index contributed by atoms with van der Waals surface area (Å²) in [5, 5.41) is 7.09. The molecular weight excluding hydrogens is 128 g/mol. The fraction of sp³-hybridized carbons (Fsp3) is 0.833. The summed E-state index contributed by atoms with van der Waals surface area (Å²) in [6.45, 7) is 2.66. The van der Waals surface area contributed by atoms with Crippen LogP contribution in [0.1, 0.15) is 6.92 Å². The van der Waals surface area contributed by atoms with E-state index >= 15 is 0 Å². The normalized spacial score (nSPS) is 38.1. The van der Waals surface area contributed by atoms with Crippen molar-refractivity contribution in [1.29, 1.82) is 0 Å². The number of likely N-dealkylation sites (N-methyl/N-ethyl adjacent to an activating group) is 1. The van der Waals surface area contributed by atoms with Crippen LogP contribution in [0.2, 0.25) is 0 Å². The molecule has 0 amide bonds. The maximum atomic E-state index is 5.50. The monoisotopic (exact) mass is 142 g/mol. The highest BCUT2D eigenvalue weighted by atomic mass is 15.4. The number of nitrogens with one attached hydrogen (secondary N) is 2. The van der Waals surface area contributed by atoms with Crippen LogP contribution in [0, 0.1) is 0 Å². The molecule has 0 aromatic carbocycles. The lowest BCUT2D eigenvalue weighted by atomic mass is 9.96. The number of nitrogens with zero attached hydrogens (tertiary/aromatic N) is 1. The van der Waals surface area contributed by atoms with Gasteiger partial charge in [0.15, 0.2) is 0 Å². The van der Waals surface area contributed by atoms with Crippen molar-refractivity contribution in [3.05, 3.63) is 0 Å². The zero-order valence-electron chi connectivity index (χ0n) is 6.39. The molecule has 0 saturated carbocycles. The van der Waals surface area contributed by atoms with Crippen molar-refractivity contribution < 1.29 is 0 Å². The molecule has 0 bridgehead atoms. The van der Waals surface area contributed by atoms with Gasteiger partial charge in [-0.1, -0.05) is 0 Å². The molecule has 4 nitrogen and oxygen atoms in total. The van der Waals surface area contributed by atoms with Gasteiger partial charge in [0.1, 0.15) is 0 Å². The molecule has 0 spiro atoms. The Morgan fingerprint density at radius 1 is 1.90 bits per heavy atom. The summed E-state index contributed by atoms with van der Waals surface area (Å²) in [5.41, 5.74) is 8.36. The van der Waals surface area contributed by atoms with Crippen LogP contribution in [-0.4, -0.2) is 31.4 Å². The fourth-order valence-corrected chi connectivity index (χ4v) is 1.02. The Bertz CT molecular complexity index is 145. The van der Waals surface area contributed by atoms with Crippen LogP contribution >= 0.6 is 0 Å². The Kier molecular flexibility index (Phi) is 1.92. The van der Waals surface area contributed by atoms with Gasteiger partial charge in [0.25, 0.3) is 0 Å². The van der Waals surface area contributed by atoms with E-state index < -0.39 is 0 Å². The molecule has 1 heterocycles. The molecule has 58 valence electrons. The van der Waals surface area contributed by atoms with Gasteiger partial charge in [0, 0.05) is 12.8 Å². The van der Waals surface area contributed by atoms with E-state index in [1.807, 2.05) is 13.3 Å². The minimum absolute atomic E-state index is 0.0747. The van der Waals surface area contributed by atoms with E-state index in [-0.39, 0.29) is 11.6 Å². The summed E-state index contributed by atoms with van der Waals surface area (Å²) < 4.78 is 0. The van der Waals surface area contributed by atoms with Crippen molar-refractivity contribution in [3.63, 3.8) is 0 Å². The van der Waals surface area contributed by atoms with Crippen LogP contribution < -0.4 is 16.5 Å². The van der Waals surface area contributed by atoms with E-state index in [0.29, 0.717) is 6.54 Å². The molecule has 0 fully saturated rings. The first-order valence-corrected chi connectivity index (χ1v) is 3.41. The molecule has 0 saturated heterocycles. The molecule has 0 aromatic heterocycles. The molecule has 0 radical (unpaired) electrons. The summed E-state index contributed by atoms with van der Waals surface area (Å²) in [4.78, 5) is 0. The molecular formula is C6H14N4. The lowest BCUT2D eigenvalue weighted by Crippen LogP contribution is -2.55. The fourth-order valence-electron chi connectivity index (χ4n) is 1.02. The minimum atomic E-state index is -0.0747. The van der Waals surface area contributed by atoms with Gasteiger partial charge in [-0.15, -0.1) is 0 Å². The Balaban J connectivity index is 2.64. The molecule has 1 aliphatic rings. The van der Waals surface area contributed by atoms with Crippen LogP contribution in [0.25, 0.3) is 0 Å². The van der Waals surface area contributed by atoms with E-state index in [1.54, 1.807) is 0 Å². The summed E-state index contributed by atoms with van der Waals surface area (Å²) in [6.07, 6.45) is 1.85. The largest absolute Gasteiger partial charge is 0.328 e. The Hall–Kier alpha value is -0.610. The van der Waals surface area contributed by atoms with Crippen molar-refractivity contribution in [3.8, 4) is 0 Å². The number of hydrazone groups is 1. The predicted molar refractivity (Wildman–Crippen MR) is 41.9 cm³/mol. The van der Waals surface area contributed by atoms with Gasteiger partial charge in [-0.2, -0.15) is 5.10 Å². The molecule has 0 aliphatic carbocycles. The third-order valence-electron chi connectivity index (χ3n) is 2.06. The number of hydrogen-bond acceptors (Lipinski definition) is 4. The van der Waals surface area contributed by atoms with Crippen molar-refractivity contribution >= 4 is 6.21 Å². The lowest BCUT2D eigenvalue weighted by molar-refractivity contribution is 0.398. The van der Waals surface area contributed by atoms with Gasteiger partial charge in [0.2, 0.25) is 0 Å². The molecule has 2 atom stereocenters. The average Bonchev–Trinajstić information content (AvgIpc) is 2.32. The van der Waals surface area contributed by atoms with Crippen LogP contribution in [0.4, 0.5) is 0 Å². The maximum Gasteiger partial charge on any atom is 0.0792 e. The molecule has 1 rings (SSSR count). The molecule has 1 aliphatic heterocycles. The molecule has 0 aromatic rings. The minimum Gasteiger partial charge on any atom is -0.328 e. The van der Waals surface area contributed by atoms with Crippen molar-refractivity contribution in [2.45, 2.75) is 18.5 Å². The second-order valence-electron chi connectivity index (χ2n) is 2.71. The second kappa shape index (κ2) is 2.56. The van der Waals surface area contributed by atoms with Gasteiger partial charge in [0.05, 0.1) is 11.6 Å². The average molecular weight is 142 g/mol. The van der Waals surface area contributed by atoms with Crippen LogP contribution in [0.15, 0.2) is 5.10 Å². The number of nitrogens with two attached hydrogens (primary N) is 1. The zero-order valence-corrected chi connectivity index (χ0v) is 6.39. The topological polar surface area (TPSA) is 62.4 Å². The highest BCUT2D eigenvalue weighted by Crippen LogP contribution is 2.10. The lowest BCUT2D eigenvalue weighted by Gasteiger charge is -2.26. The quantitative estimate of drug-likeness (QED) is 0.457. The first kappa shape index (κ1) is 7.50. The van der Waals surface area contributed by atoms with Gasteiger partial charge in [-0.3, -0.25) is 0 Å². The number of rotatable bonds is 2. The van der Waals surface area contributed by atoms with Crippen LogP contribution in [0.5, 0.6) is 0 Å². The number of hydrogen-bond donors (Lipinski definition) is 3. The van der Waals surface area contributed by atoms with Gasteiger partial charge in [-0.25, -0.2) is 0 Å². The Labute approximate surface area is 60.9 Å². The Morgan fingerprint density at radius 2 is 2.60 bits per heavy atom. The van der Waals surface area contributed by atoms with Crippen LogP contribution in [0.3, 0.4) is 0 Å². The van der Waals surface area contributed by atoms with E-state index in [2.05, 4.69) is 22.8 Å². The third kappa shape index (κ3) is 0.998. The highest BCUT2D eigenvalue weighted by molar-refractivity contribution is 5.72. The SMILES string of the molecule is CNC1(C)C=NNC1CN. The van der Waals surface area contributed by atoms with Gasteiger partial charge >= 0.3 is 0 Å². The summed E-state index contributed by atoms with van der Waals surface area (Å²) in [6, 6.07) is 0.220. The summed E-state index contributed by atoms with van der Waals surface area (Å²) in [5.74, 6) is 0. The standard InChI is InChI=1S/C6H14N4/c1-6(8-2)4-9-10-5(6)3-7/h4-5,8,10H,3,7H2,1-2H3. The first-order chi connectivity index (χ1) is 4.73. The Morgan fingerprint density at radius 3 is 3.00 bits per heavy atom. The molecule has 10 heavy (non-hydrogen) atoms. The third-order valence-corrected chi connectivity index (χ3v) is 2.06. The van der Waals surface area contributed by atoms with E-state index in [4.69, 9.17) is 5.73 Å². The highest BCUT2D eigenvalue weighted by Gasteiger charge is 2.33. The van der Waals surface area contributed by atoms with Crippen molar-refractivity contribution in [2.75, 3.05) is 13.6 Å². The predicted octanol–water partition coefficient (Wildman–Crippen LogP) is -1.12. The van der Waals surface area contributed by atoms with E-state index in [9.17, 15) is 0 Å². The second-order valence-corrected chi connectivity index (χ2v) is 2.71. The molecule has 2 unspecified atom stereocenters. The van der Waals surface area contributed by atoms with Crippen molar-refractivity contribution in [1.82, 2.24) is 10.7 Å². The van der Waals surface area contributed by atoms with Gasteiger partial charge < -0.3 is 16.5 Å².